The molecule has 5 nitrogen and oxygen atoms in total. The number of methoxy groups -OCH3 is 1. The van der Waals surface area contributed by atoms with Crippen LogP contribution in [0.15, 0.2) is 48.5 Å². The first-order chi connectivity index (χ1) is 16.1. The molecule has 2 amide bonds. The molecular weight excluding hydrogens is 410 g/mol. The summed E-state index contributed by atoms with van der Waals surface area (Å²) < 4.78 is 5.42. The maximum Gasteiger partial charge on any atom is 0.324 e. The summed E-state index contributed by atoms with van der Waals surface area (Å²) in [5, 5.41) is 0. The number of nitrogens with zero attached hydrogens (tertiary/aromatic N) is 3. The molecule has 2 aliphatic rings. The van der Waals surface area contributed by atoms with Crippen molar-refractivity contribution in [2.75, 3.05) is 45.2 Å². The third-order valence-electron chi connectivity index (χ3n) is 7.45. The van der Waals surface area contributed by atoms with Crippen LogP contribution in [-0.4, -0.2) is 62.2 Å². The molecule has 4 rings (SSSR count). The lowest BCUT2D eigenvalue weighted by molar-refractivity contribution is 0.118. The van der Waals surface area contributed by atoms with E-state index in [1.807, 2.05) is 42.3 Å². The maximum atomic E-state index is 13.0. The molecule has 1 fully saturated rings. The average molecular weight is 450 g/mol. The highest BCUT2D eigenvalue weighted by Gasteiger charge is 2.30. The van der Waals surface area contributed by atoms with Crippen LogP contribution in [0.4, 0.5) is 10.5 Å². The first-order valence-electron chi connectivity index (χ1n) is 12.6. The number of carbonyl (C=O) groups is 1. The lowest BCUT2D eigenvalue weighted by Gasteiger charge is -2.40. The number of likely N-dealkylation sites (tertiary alicyclic amines) is 1. The fraction of sp³-hybridized carbons (Fsp3) is 0.536. The van der Waals surface area contributed by atoms with E-state index in [4.69, 9.17) is 4.74 Å². The van der Waals surface area contributed by atoms with Gasteiger partial charge in [-0.15, -0.1) is 0 Å². The number of carbonyl (C=O) groups excluding carboxylic acids is 1. The van der Waals surface area contributed by atoms with E-state index in [9.17, 15) is 4.79 Å². The second-order valence-corrected chi connectivity index (χ2v) is 9.63. The van der Waals surface area contributed by atoms with Gasteiger partial charge in [-0.05, 0) is 86.4 Å². The SMILES string of the molecule is CCCN(CC1CCN(C(=O)N(C)c2ccccc2)CC1)C1CCc2cc(OC)ccc2C1. The number of hydrogen-bond donors (Lipinski definition) is 0. The zero-order chi connectivity index (χ0) is 23.2. The molecule has 1 atom stereocenters. The van der Waals surface area contributed by atoms with Gasteiger partial charge in [0.05, 0.1) is 7.11 Å². The minimum absolute atomic E-state index is 0.115. The number of benzene rings is 2. The molecule has 1 unspecified atom stereocenters. The zero-order valence-electron chi connectivity index (χ0n) is 20.5. The van der Waals surface area contributed by atoms with Gasteiger partial charge in [0.2, 0.25) is 0 Å². The number of rotatable bonds is 7. The van der Waals surface area contributed by atoms with E-state index in [0.29, 0.717) is 12.0 Å². The molecule has 1 saturated heterocycles. The number of amides is 2. The first-order valence-corrected chi connectivity index (χ1v) is 12.6. The highest BCUT2D eigenvalue weighted by molar-refractivity contribution is 5.91. The summed E-state index contributed by atoms with van der Waals surface area (Å²) in [5.74, 6) is 1.64. The van der Waals surface area contributed by atoms with Gasteiger partial charge in [-0.1, -0.05) is 31.2 Å². The van der Waals surface area contributed by atoms with Crippen LogP contribution in [0.25, 0.3) is 0 Å². The second kappa shape index (κ2) is 11.1. The molecule has 0 saturated carbocycles. The first kappa shape index (κ1) is 23.6. The molecular formula is C28H39N3O2. The van der Waals surface area contributed by atoms with Crippen LogP contribution in [0.3, 0.4) is 0 Å². The van der Waals surface area contributed by atoms with Crippen molar-refractivity contribution in [3.8, 4) is 5.75 Å². The van der Waals surface area contributed by atoms with Crippen LogP contribution in [0, 0.1) is 5.92 Å². The molecule has 1 aliphatic carbocycles. The molecule has 2 aromatic carbocycles. The van der Waals surface area contributed by atoms with Crippen molar-refractivity contribution in [1.82, 2.24) is 9.80 Å². The minimum atomic E-state index is 0.115. The van der Waals surface area contributed by atoms with Crippen molar-refractivity contribution in [3.05, 3.63) is 59.7 Å². The molecule has 0 spiro atoms. The van der Waals surface area contributed by atoms with Crippen molar-refractivity contribution in [1.29, 1.82) is 0 Å². The summed E-state index contributed by atoms with van der Waals surface area (Å²) in [7, 11) is 3.62. The summed E-state index contributed by atoms with van der Waals surface area (Å²) in [4.78, 5) is 19.5. The second-order valence-electron chi connectivity index (χ2n) is 9.63. The van der Waals surface area contributed by atoms with E-state index in [-0.39, 0.29) is 6.03 Å². The molecule has 0 radical (unpaired) electrons. The third-order valence-corrected chi connectivity index (χ3v) is 7.45. The van der Waals surface area contributed by atoms with Crippen LogP contribution < -0.4 is 9.64 Å². The predicted octanol–water partition coefficient (Wildman–Crippen LogP) is 5.23. The van der Waals surface area contributed by atoms with E-state index in [2.05, 4.69) is 30.0 Å². The number of ether oxygens (including phenoxy) is 1. The minimum Gasteiger partial charge on any atom is -0.497 e. The summed E-state index contributed by atoms with van der Waals surface area (Å²) in [6.45, 7) is 6.31. The summed E-state index contributed by atoms with van der Waals surface area (Å²) in [5.41, 5.74) is 3.89. The number of fused-ring (bicyclic) bond motifs is 1. The topological polar surface area (TPSA) is 36.0 Å². The Bertz CT molecular complexity index is 909. The number of hydrogen-bond acceptors (Lipinski definition) is 3. The number of urea groups is 1. The molecule has 0 aromatic heterocycles. The van der Waals surface area contributed by atoms with Crippen LogP contribution in [-0.2, 0) is 12.8 Å². The number of anilines is 1. The van der Waals surface area contributed by atoms with Crippen LogP contribution in [0.2, 0.25) is 0 Å². The fourth-order valence-corrected chi connectivity index (χ4v) is 5.47. The Labute approximate surface area is 199 Å². The van der Waals surface area contributed by atoms with Gasteiger partial charge in [0.25, 0.3) is 0 Å². The van der Waals surface area contributed by atoms with Crippen molar-refractivity contribution in [2.24, 2.45) is 5.92 Å². The summed E-state index contributed by atoms with van der Waals surface area (Å²) in [6.07, 6.45) is 6.86. The molecule has 2 aromatic rings. The Balaban J connectivity index is 1.32. The highest BCUT2D eigenvalue weighted by atomic mass is 16.5. The maximum absolute atomic E-state index is 13.0. The van der Waals surface area contributed by atoms with Gasteiger partial charge >= 0.3 is 6.03 Å². The van der Waals surface area contributed by atoms with E-state index < -0.39 is 0 Å². The van der Waals surface area contributed by atoms with Crippen LogP contribution in [0.5, 0.6) is 5.75 Å². The molecule has 1 heterocycles. The van der Waals surface area contributed by atoms with Crippen molar-refractivity contribution >= 4 is 11.7 Å². The van der Waals surface area contributed by atoms with Gasteiger partial charge in [-0.2, -0.15) is 0 Å². The quantitative estimate of drug-likeness (QED) is 0.580. The smallest absolute Gasteiger partial charge is 0.324 e. The van der Waals surface area contributed by atoms with Crippen LogP contribution in [0.1, 0.15) is 43.7 Å². The summed E-state index contributed by atoms with van der Waals surface area (Å²) >= 11 is 0. The van der Waals surface area contributed by atoms with Gasteiger partial charge in [-0.3, -0.25) is 9.80 Å². The monoisotopic (exact) mass is 449 g/mol. The Morgan fingerprint density at radius 1 is 1.06 bits per heavy atom. The number of aryl methyl sites for hydroxylation is 1. The van der Waals surface area contributed by atoms with Gasteiger partial charge in [0, 0.05) is 38.4 Å². The number of para-hydroxylation sites is 1. The third kappa shape index (κ3) is 5.70. The van der Waals surface area contributed by atoms with Crippen molar-refractivity contribution < 1.29 is 9.53 Å². The van der Waals surface area contributed by atoms with Crippen LogP contribution >= 0.6 is 0 Å². The Kier molecular flexibility index (Phi) is 7.92. The van der Waals surface area contributed by atoms with Gasteiger partial charge in [-0.25, -0.2) is 4.79 Å². The lowest BCUT2D eigenvalue weighted by atomic mass is 9.86. The van der Waals surface area contributed by atoms with E-state index in [1.165, 1.54) is 24.0 Å². The summed E-state index contributed by atoms with van der Waals surface area (Å²) in [6, 6.07) is 17.2. The molecule has 0 bridgehead atoms. The normalized spacial score (nSPS) is 18.8. The zero-order valence-corrected chi connectivity index (χ0v) is 20.5. The highest BCUT2D eigenvalue weighted by Crippen LogP contribution is 2.30. The molecule has 178 valence electrons. The Morgan fingerprint density at radius 3 is 2.52 bits per heavy atom. The van der Waals surface area contributed by atoms with E-state index >= 15 is 0 Å². The van der Waals surface area contributed by atoms with Gasteiger partial charge in [0.1, 0.15) is 5.75 Å². The molecule has 5 heteroatoms. The molecule has 33 heavy (non-hydrogen) atoms. The standard InChI is InChI=1S/C28H39N3O2/c1-4-16-31(26-12-10-24-20-27(33-3)13-11-23(24)19-26)21-22-14-17-30(18-15-22)28(32)29(2)25-8-6-5-7-9-25/h5-9,11,13,20,22,26H,4,10,12,14-19,21H2,1-3H3. The van der Waals surface area contributed by atoms with E-state index in [0.717, 1.165) is 63.3 Å². The Morgan fingerprint density at radius 2 is 1.82 bits per heavy atom. The largest absolute Gasteiger partial charge is 0.497 e. The van der Waals surface area contributed by atoms with Crippen molar-refractivity contribution in [2.45, 2.75) is 51.5 Å². The molecule has 0 N–H and O–H groups in total. The average Bonchev–Trinajstić information content (AvgIpc) is 2.88. The lowest BCUT2D eigenvalue weighted by Crippen LogP contribution is -2.48. The van der Waals surface area contributed by atoms with Crippen molar-refractivity contribution in [3.63, 3.8) is 0 Å². The van der Waals surface area contributed by atoms with Gasteiger partial charge in [0.15, 0.2) is 0 Å². The molecule has 1 aliphatic heterocycles. The van der Waals surface area contributed by atoms with E-state index in [1.54, 1.807) is 12.0 Å². The van der Waals surface area contributed by atoms with Gasteiger partial charge < -0.3 is 9.64 Å². The predicted molar refractivity (Wildman–Crippen MR) is 135 cm³/mol. The number of piperidine rings is 1. The fourth-order valence-electron chi connectivity index (χ4n) is 5.47. The Hall–Kier alpha value is -2.53.